The highest BCUT2D eigenvalue weighted by Crippen LogP contribution is 2.22. The van der Waals surface area contributed by atoms with Gasteiger partial charge in [0.05, 0.1) is 17.1 Å². The molecule has 0 bridgehead atoms. The maximum absolute atomic E-state index is 12.6. The molecule has 0 fully saturated rings. The average Bonchev–Trinajstić information content (AvgIpc) is 3.38. The fraction of sp³-hybridized carbons (Fsp3) is 0.273. The Labute approximate surface area is 168 Å². The first kappa shape index (κ1) is 18.9. The van der Waals surface area contributed by atoms with Crippen molar-refractivity contribution in [1.82, 2.24) is 25.4 Å². The first-order valence-corrected chi connectivity index (χ1v) is 9.72. The lowest BCUT2D eigenvalue weighted by Crippen LogP contribution is -2.32. The van der Waals surface area contributed by atoms with Gasteiger partial charge in [-0.3, -0.25) is 4.79 Å². The van der Waals surface area contributed by atoms with Gasteiger partial charge in [-0.05, 0) is 18.1 Å². The Morgan fingerprint density at radius 2 is 1.83 bits per heavy atom. The topological polar surface area (TPSA) is 96.7 Å². The number of amides is 1. The molecule has 1 amide bonds. The summed E-state index contributed by atoms with van der Waals surface area (Å²) in [6, 6.07) is 17.3. The summed E-state index contributed by atoms with van der Waals surface area (Å²) in [7, 11) is 0. The Hall–Kier alpha value is -3.48. The Bertz CT molecular complexity index is 1070. The van der Waals surface area contributed by atoms with Crippen LogP contribution in [0.15, 0.2) is 59.1 Å². The standard InChI is InChI=1S/C22H23N5O2/c1-14(2)20(22-23-16-10-6-7-11-17(16)24-22)25-18(28)12-13-19-26-21(27-29-19)15-8-4-3-5-9-15/h3-11,14,20H,12-13H2,1-2H3,(H,23,24)(H,25,28)/t20-/m0/s1. The number of nitrogens with zero attached hydrogens (tertiary/aromatic N) is 3. The minimum atomic E-state index is -0.197. The molecule has 1 atom stereocenters. The van der Waals surface area contributed by atoms with Crippen LogP contribution in [-0.2, 0) is 11.2 Å². The SMILES string of the molecule is CC(C)[C@H](NC(=O)CCc1nc(-c2ccccc2)no1)c1nc2ccccc2[nH]1. The van der Waals surface area contributed by atoms with E-state index in [2.05, 4.69) is 39.3 Å². The zero-order chi connectivity index (χ0) is 20.2. The quantitative estimate of drug-likeness (QED) is 0.497. The van der Waals surface area contributed by atoms with Crippen LogP contribution in [0.2, 0.25) is 0 Å². The number of benzene rings is 2. The molecule has 2 heterocycles. The first-order valence-electron chi connectivity index (χ1n) is 9.72. The zero-order valence-corrected chi connectivity index (χ0v) is 16.4. The number of imidazole rings is 1. The lowest BCUT2D eigenvalue weighted by atomic mass is 10.0. The van der Waals surface area contributed by atoms with Gasteiger partial charge in [0.25, 0.3) is 0 Å². The van der Waals surface area contributed by atoms with E-state index in [-0.39, 0.29) is 24.3 Å². The van der Waals surface area contributed by atoms with Crippen LogP contribution >= 0.6 is 0 Å². The highest BCUT2D eigenvalue weighted by molar-refractivity contribution is 5.77. The van der Waals surface area contributed by atoms with Crippen molar-refractivity contribution < 1.29 is 9.32 Å². The molecule has 2 aromatic carbocycles. The number of H-pyrrole nitrogens is 1. The molecule has 0 radical (unpaired) electrons. The van der Waals surface area contributed by atoms with Crippen molar-refractivity contribution in [3.8, 4) is 11.4 Å². The molecule has 4 aromatic rings. The number of aryl methyl sites for hydroxylation is 1. The molecule has 0 aliphatic rings. The molecule has 7 nitrogen and oxygen atoms in total. The molecule has 148 valence electrons. The second kappa shape index (κ2) is 8.26. The number of carbonyl (C=O) groups excluding carboxylic acids is 1. The van der Waals surface area contributed by atoms with E-state index < -0.39 is 0 Å². The molecular weight excluding hydrogens is 366 g/mol. The van der Waals surface area contributed by atoms with Crippen LogP contribution in [0.1, 0.15) is 38.0 Å². The van der Waals surface area contributed by atoms with Crippen molar-refractivity contribution in [3.63, 3.8) is 0 Å². The van der Waals surface area contributed by atoms with Crippen LogP contribution in [0.5, 0.6) is 0 Å². The van der Waals surface area contributed by atoms with Gasteiger partial charge < -0.3 is 14.8 Å². The Balaban J connectivity index is 1.39. The second-order valence-electron chi connectivity index (χ2n) is 7.31. The van der Waals surface area contributed by atoms with Gasteiger partial charge >= 0.3 is 0 Å². The number of rotatable bonds is 7. The number of fused-ring (bicyclic) bond motifs is 1. The number of hydrogen-bond donors (Lipinski definition) is 2. The average molecular weight is 389 g/mol. The van der Waals surface area contributed by atoms with Gasteiger partial charge in [0.2, 0.25) is 17.6 Å². The van der Waals surface area contributed by atoms with Crippen molar-refractivity contribution in [2.75, 3.05) is 0 Å². The van der Waals surface area contributed by atoms with E-state index in [1.165, 1.54) is 0 Å². The van der Waals surface area contributed by atoms with Crippen LogP contribution in [0, 0.1) is 5.92 Å². The Morgan fingerprint density at radius 3 is 2.59 bits per heavy atom. The number of hydrogen-bond acceptors (Lipinski definition) is 5. The summed E-state index contributed by atoms with van der Waals surface area (Å²) >= 11 is 0. The smallest absolute Gasteiger partial charge is 0.227 e. The van der Waals surface area contributed by atoms with Crippen LogP contribution in [0.3, 0.4) is 0 Å². The van der Waals surface area contributed by atoms with Crippen LogP contribution in [-0.4, -0.2) is 26.0 Å². The fourth-order valence-electron chi connectivity index (χ4n) is 3.20. The number of aromatic nitrogens is 4. The maximum Gasteiger partial charge on any atom is 0.227 e. The van der Waals surface area contributed by atoms with Crippen LogP contribution < -0.4 is 5.32 Å². The van der Waals surface area contributed by atoms with E-state index in [0.717, 1.165) is 22.4 Å². The van der Waals surface area contributed by atoms with Crippen molar-refractivity contribution >= 4 is 16.9 Å². The lowest BCUT2D eigenvalue weighted by Gasteiger charge is -2.20. The van der Waals surface area contributed by atoms with E-state index >= 15 is 0 Å². The molecule has 0 aliphatic carbocycles. The monoisotopic (exact) mass is 389 g/mol. The van der Waals surface area contributed by atoms with Gasteiger partial charge in [0.1, 0.15) is 5.82 Å². The third-order valence-corrected chi connectivity index (χ3v) is 4.75. The molecule has 0 unspecified atom stereocenters. The highest BCUT2D eigenvalue weighted by atomic mass is 16.5. The lowest BCUT2D eigenvalue weighted by molar-refractivity contribution is -0.122. The van der Waals surface area contributed by atoms with Crippen molar-refractivity contribution in [2.45, 2.75) is 32.7 Å². The van der Waals surface area contributed by atoms with Gasteiger partial charge in [-0.15, -0.1) is 0 Å². The zero-order valence-electron chi connectivity index (χ0n) is 16.4. The summed E-state index contributed by atoms with van der Waals surface area (Å²) < 4.78 is 5.29. The second-order valence-corrected chi connectivity index (χ2v) is 7.31. The predicted molar refractivity (Wildman–Crippen MR) is 110 cm³/mol. The van der Waals surface area contributed by atoms with E-state index in [1.54, 1.807) is 0 Å². The molecular formula is C22H23N5O2. The normalized spacial score (nSPS) is 12.4. The van der Waals surface area contributed by atoms with E-state index in [1.807, 2.05) is 54.6 Å². The summed E-state index contributed by atoms with van der Waals surface area (Å²) in [5.74, 6) is 1.85. The molecule has 0 aliphatic heterocycles. The van der Waals surface area contributed by atoms with Gasteiger partial charge in [-0.25, -0.2) is 4.98 Å². The summed E-state index contributed by atoms with van der Waals surface area (Å²) in [5.41, 5.74) is 2.74. The minimum absolute atomic E-state index is 0.0800. The first-order chi connectivity index (χ1) is 14.1. The van der Waals surface area contributed by atoms with Crippen LogP contribution in [0.4, 0.5) is 0 Å². The molecule has 29 heavy (non-hydrogen) atoms. The number of carbonyl (C=O) groups is 1. The molecule has 2 N–H and O–H groups in total. The molecule has 4 rings (SSSR count). The summed E-state index contributed by atoms with van der Waals surface area (Å²) in [4.78, 5) is 24.9. The number of aromatic amines is 1. The van der Waals surface area contributed by atoms with Crippen LogP contribution in [0.25, 0.3) is 22.4 Å². The van der Waals surface area contributed by atoms with Gasteiger partial charge in [-0.2, -0.15) is 4.98 Å². The van der Waals surface area contributed by atoms with Crippen molar-refractivity contribution in [1.29, 1.82) is 0 Å². The predicted octanol–water partition coefficient (Wildman–Crippen LogP) is 4.06. The molecule has 0 saturated heterocycles. The van der Waals surface area contributed by atoms with Crippen molar-refractivity contribution in [3.05, 3.63) is 66.3 Å². The fourth-order valence-corrected chi connectivity index (χ4v) is 3.20. The van der Waals surface area contributed by atoms with E-state index in [0.29, 0.717) is 18.1 Å². The van der Waals surface area contributed by atoms with Gasteiger partial charge in [-0.1, -0.05) is 61.5 Å². The summed E-state index contributed by atoms with van der Waals surface area (Å²) in [6.45, 7) is 4.12. The Morgan fingerprint density at radius 1 is 1.07 bits per heavy atom. The van der Waals surface area contributed by atoms with E-state index in [4.69, 9.17) is 4.52 Å². The summed E-state index contributed by atoms with van der Waals surface area (Å²) in [5, 5.41) is 7.07. The largest absolute Gasteiger partial charge is 0.346 e. The van der Waals surface area contributed by atoms with Gasteiger partial charge in [0, 0.05) is 18.4 Å². The summed E-state index contributed by atoms with van der Waals surface area (Å²) in [6.07, 6.45) is 0.649. The molecule has 0 spiro atoms. The number of para-hydroxylation sites is 2. The highest BCUT2D eigenvalue weighted by Gasteiger charge is 2.22. The van der Waals surface area contributed by atoms with Crippen molar-refractivity contribution in [2.24, 2.45) is 5.92 Å². The third kappa shape index (κ3) is 4.34. The van der Waals surface area contributed by atoms with E-state index in [9.17, 15) is 4.79 Å². The number of nitrogens with one attached hydrogen (secondary N) is 2. The molecule has 2 aromatic heterocycles. The van der Waals surface area contributed by atoms with Gasteiger partial charge in [0.15, 0.2) is 0 Å². The third-order valence-electron chi connectivity index (χ3n) is 4.75. The molecule has 7 heteroatoms. The Kier molecular flexibility index (Phi) is 5.37. The maximum atomic E-state index is 12.6. The minimum Gasteiger partial charge on any atom is -0.346 e. The molecule has 0 saturated carbocycles.